The van der Waals surface area contributed by atoms with Gasteiger partial charge in [0.05, 0.1) is 5.41 Å². The zero-order chi connectivity index (χ0) is 14.8. The molecule has 0 aliphatic heterocycles. The van der Waals surface area contributed by atoms with Crippen molar-refractivity contribution >= 4 is 5.91 Å². The van der Waals surface area contributed by atoms with Gasteiger partial charge in [0.15, 0.2) is 0 Å². The Bertz CT molecular complexity index is 455. The summed E-state index contributed by atoms with van der Waals surface area (Å²) in [5, 5.41) is 0. The fourth-order valence-corrected chi connectivity index (χ4v) is 3.32. The van der Waals surface area contributed by atoms with Gasteiger partial charge in [0.2, 0.25) is 5.91 Å². The maximum atomic E-state index is 13.0. The Balaban J connectivity index is 2.35. The fraction of sp³-hybridized carbons (Fsp3) is 0.588. The lowest BCUT2D eigenvalue weighted by Gasteiger charge is -2.27. The van der Waals surface area contributed by atoms with Crippen molar-refractivity contribution in [1.29, 1.82) is 0 Å². The minimum absolute atomic E-state index is 0.106. The van der Waals surface area contributed by atoms with Crippen molar-refractivity contribution in [2.24, 2.45) is 11.7 Å². The van der Waals surface area contributed by atoms with Gasteiger partial charge in [-0.2, -0.15) is 0 Å². The first kappa shape index (κ1) is 15.0. The van der Waals surface area contributed by atoms with Crippen molar-refractivity contribution in [3.8, 4) is 0 Å². The Morgan fingerprint density at radius 1 is 1.30 bits per heavy atom. The molecule has 2 rings (SSSR count). The number of nitrogens with zero attached hydrogens (tertiary/aromatic N) is 1. The molecule has 3 heteroatoms. The highest BCUT2D eigenvalue weighted by Crippen LogP contribution is 2.57. The summed E-state index contributed by atoms with van der Waals surface area (Å²) in [6.45, 7) is 7.70. The molecule has 20 heavy (non-hydrogen) atoms. The van der Waals surface area contributed by atoms with E-state index in [-0.39, 0.29) is 23.3 Å². The summed E-state index contributed by atoms with van der Waals surface area (Å²) < 4.78 is 0. The quantitative estimate of drug-likeness (QED) is 0.866. The van der Waals surface area contributed by atoms with Crippen molar-refractivity contribution in [3.63, 3.8) is 0 Å². The summed E-state index contributed by atoms with van der Waals surface area (Å²) in [5.74, 6) is 0.533. The second-order valence-electron chi connectivity index (χ2n) is 5.70. The van der Waals surface area contributed by atoms with E-state index in [2.05, 4.69) is 19.1 Å². The van der Waals surface area contributed by atoms with Crippen LogP contribution in [-0.4, -0.2) is 29.9 Å². The van der Waals surface area contributed by atoms with Gasteiger partial charge in [0, 0.05) is 19.1 Å². The molecule has 0 spiro atoms. The van der Waals surface area contributed by atoms with Crippen LogP contribution in [0.1, 0.15) is 39.2 Å². The van der Waals surface area contributed by atoms with Gasteiger partial charge in [0.25, 0.3) is 0 Å². The van der Waals surface area contributed by atoms with Crippen molar-refractivity contribution in [2.75, 3.05) is 13.1 Å². The number of nitrogens with two attached hydrogens (primary N) is 1. The molecule has 1 amide bonds. The van der Waals surface area contributed by atoms with E-state index in [9.17, 15) is 4.79 Å². The van der Waals surface area contributed by atoms with Crippen LogP contribution in [0.4, 0.5) is 0 Å². The number of rotatable bonds is 6. The molecule has 0 saturated heterocycles. The van der Waals surface area contributed by atoms with Gasteiger partial charge in [-0.1, -0.05) is 37.3 Å². The normalized spacial score (nSPS) is 26.1. The lowest BCUT2D eigenvalue weighted by Crippen LogP contribution is -2.42. The Kier molecular flexibility index (Phi) is 4.48. The zero-order valence-corrected chi connectivity index (χ0v) is 12.8. The second kappa shape index (κ2) is 5.96. The van der Waals surface area contributed by atoms with Crippen LogP contribution >= 0.6 is 0 Å². The molecule has 0 radical (unpaired) electrons. The highest BCUT2D eigenvalue weighted by atomic mass is 16.2. The summed E-state index contributed by atoms with van der Waals surface area (Å²) >= 11 is 0. The minimum Gasteiger partial charge on any atom is -0.342 e. The molecule has 1 aromatic rings. The molecular formula is C17H26N2O. The Morgan fingerprint density at radius 2 is 1.90 bits per heavy atom. The third kappa shape index (κ3) is 2.35. The van der Waals surface area contributed by atoms with Crippen molar-refractivity contribution in [3.05, 3.63) is 35.9 Å². The average Bonchev–Trinajstić information content (AvgIpc) is 3.25. The van der Waals surface area contributed by atoms with Gasteiger partial charge in [-0.3, -0.25) is 4.79 Å². The largest absolute Gasteiger partial charge is 0.342 e. The molecule has 0 heterocycles. The van der Waals surface area contributed by atoms with Crippen LogP contribution in [0.2, 0.25) is 0 Å². The summed E-state index contributed by atoms with van der Waals surface area (Å²) in [4.78, 5) is 14.9. The first-order chi connectivity index (χ1) is 9.61. The Morgan fingerprint density at radius 3 is 2.40 bits per heavy atom. The summed E-state index contributed by atoms with van der Waals surface area (Å²) in [7, 11) is 0. The van der Waals surface area contributed by atoms with E-state index >= 15 is 0 Å². The molecule has 1 fully saturated rings. The van der Waals surface area contributed by atoms with E-state index in [1.807, 2.05) is 36.9 Å². The zero-order valence-electron chi connectivity index (χ0n) is 12.8. The Hall–Kier alpha value is -1.35. The maximum absolute atomic E-state index is 13.0. The number of hydrogen-bond donors (Lipinski definition) is 1. The molecular weight excluding hydrogens is 248 g/mol. The topological polar surface area (TPSA) is 46.3 Å². The van der Waals surface area contributed by atoms with Crippen molar-refractivity contribution in [2.45, 2.75) is 45.1 Å². The molecule has 1 aromatic carbocycles. The first-order valence-electron chi connectivity index (χ1n) is 7.72. The van der Waals surface area contributed by atoms with E-state index in [1.165, 1.54) is 0 Å². The standard InChI is InChI=1S/C17H26N2O/c1-4-15(18)14-12-17(14,13-10-8-7-9-11-13)16(20)19(5-2)6-3/h7-11,14-15H,4-6,12,18H2,1-3H3/t14-,15+,17+/m0/s1. The van der Waals surface area contributed by atoms with E-state index in [1.54, 1.807) is 0 Å². The molecule has 0 bridgehead atoms. The van der Waals surface area contributed by atoms with E-state index in [4.69, 9.17) is 5.73 Å². The minimum atomic E-state index is -0.372. The van der Waals surface area contributed by atoms with Crippen molar-refractivity contribution < 1.29 is 4.79 Å². The van der Waals surface area contributed by atoms with Gasteiger partial charge < -0.3 is 10.6 Å². The van der Waals surface area contributed by atoms with Crippen LogP contribution in [0.25, 0.3) is 0 Å². The lowest BCUT2D eigenvalue weighted by molar-refractivity contribution is -0.134. The van der Waals surface area contributed by atoms with Gasteiger partial charge in [0.1, 0.15) is 0 Å². The predicted octanol–water partition coefficient (Wildman–Crippen LogP) is 2.55. The molecule has 0 aromatic heterocycles. The third-order valence-corrected chi connectivity index (χ3v) is 4.72. The monoisotopic (exact) mass is 274 g/mol. The molecule has 1 aliphatic carbocycles. The first-order valence-corrected chi connectivity index (χ1v) is 7.72. The summed E-state index contributed by atoms with van der Waals surface area (Å²) in [6, 6.07) is 10.3. The fourth-order valence-electron chi connectivity index (χ4n) is 3.32. The van der Waals surface area contributed by atoms with Crippen molar-refractivity contribution in [1.82, 2.24) is 4.90 Å². The number of carbonyl (C=O) groups is 1. The van der Waals surface area contributed by atoms with E-state index in [0.29, 0.717) is 0 Å². The van der Waals surface area contributed by atoms with Crippen LogP contribution < -0.4 is 5.73 Å². The lowest BCUT2D eigenvalue weighted by atomic mass is 9.89. The second-order valence-corrected chi connectivity index (χ2v) is 5.70. The summed E-state index contributed by atoms with van der Waals surface area (Å²) in [5.41, 5.74) is 7.00. The SMILES string of the molecule is CC[C@@H](N)[C@@H]1C[C@@]1(C(=O)N(CC)CC)c1ccccc1. The molecule has 110 valence electrons. The van der Waals surface area contributed by atoms with Crippen LogP contribution in [0, 0.1) is 5.92 Å². The Labute approximate surface area is 122 Å². The van der Waals surface area contributed by atoms with Crippen LogP contribution in [0.15, 0.2) is 30.3 Å². The molecule has 0 unspecified atom stereocenters. The molecule has 3 nitrogen and oxygen atoms in total. The predicted molar refractivity (Wildman–Crippen MR) is 82.4 cm³/mol. The van der Waals surface area contributed by atoms with Crippen LogP contribution in [-0.2, 0) is 10.2 Å². The van der Waals surface area contributed by atoms with Crippen LogP contribution in [0.3, 0.4) is 0 Å². The maximum Gasteiger partial charge on any atom is 0.233 e. The van der Waals surface area contributed by atoms with E-state index in [0.717, 1.165) is 31.5 Å². The van der Waals surface area contributed by atoms with Gasteiger partial charge in [-0.15, -0.1) is 0 Å². The number of amides is 1. The number of likely N-dealkylation sites (N-methyl/N-ethyl adjacent to an activating group) is 1. The number of carbonyl (C=O) groups excluding carboxylic acids is 1. The third-order valence-electron chi connectivity index (χ3n) is 4.72. The van der Waals surface area contributed by atoms with Gasteiger partial charge in [-0.05, 0) is 38.2 Å². The molecule has 2 N–H and O–H groups in total. The number of benzene rings is 1. The number of hydrogen-bond acceptors (Lipinski definition) is 2. The van der Waals surface area contributed by atoms with E-state index < -0.39 is 0 Å². The smallest absolute Gasteiger partial charge is 0.233 e. The molecule has 1 aliphatic rings. The van der Waals surface area contributed by atoms with Gasteiger partial charge >= 0.3 is 0 Å². The average molecular weight is 274 g/mol. The van der Waals surface area contributed by atoms with Gasteiger partial charge in [-0.25, -0.2) is 0 Å². The molecule has 1 saturated carbocycles. The summed E-state index contributed by atoms with van der Waals surface area (Å²) in [6.07, 6.45) is 1.81. The molecule has 3 atom stereocenters. The highest BCUT2D eigenvalue weighted by molar-refractivity contribution is 5.92. The van der Waals surface area contributed by atoms with Crippen LogP contribution in [0.5, 0.6) is 0 Å². The highest BCUT2D eigenvalue weighted by Gasteiger charge is 2.63.